The Kier molecular flexibility index (Phi) is 3.46. The largest absolute Gasteiger partial charge is 0.494 e. The molecule has 0 spiro atoms. The van der Waals surface area contributed by atoms with E-state index >= 15 is 0 Å². The number of methoxy groups -OCH3 is 1. The summed E-state index contributed by atoms with van der Waals surface area (Å²) in [6, 6.07) is 5.31. The van der Waals surface area contributed by atoms with Crippen molar-refractivity contribution >= 4 is 0 Å². The first-order chi connectivity index (χ1) is 9.23. The normalized spacial score (nSPS) is 25.1. The molecule has 2 heterocycles. The summed E-state index contributed by atoms with van der Waals surface area (Å²) in [4.78, 5) is 0. The Morgan fingerprint density at radius 1 is 1.47 bits per heavy atom. The van der Waals surface area contributed by atoms with Gasteiger partial charge in [0, 0.05) is 5.41 Å². The molecule has 1 aromatic rings. The lowest BCUT2D eigenvalue weighted by Crippen LogP contribution is -2.48. The van der Waals surface area contributed by atoms with Crippen LogP contribution in [0.1, 0.15) is 18.4 Å². The summed E-state index contributed by atoms with van der Waals surface area (Å²) in [5.41, 5.74) is 1.05. The minimum atomic E-state index is -0.282. The molecule has 19 heavy (non-hydrogen) atoms. The molecule has 0 saturated carbocycles. The summed E-state index contributed by atoms with van der Waals surface area (Å²) >= 11 is 0. The van der Waals surface area contributed by atoms with Crippen molar-refractivity contribution in [2.75, 3.05) is 33.4 Å². The van der Waals surface area contributed by atoms with Crippen molar-refractivity contribution in [3.05, 3.63) is 29.6 Å². The lowest BCUT2D eigenvalue weighted by atomic mass is 9.72. The van der Waals surface area contributed by atoms with E-state index in [1.54, 1.807) is 12.1 Å². The Hall–Kier alpha value is -1.13. The van der Waals surface area contributed by atoms with Gasteiger partial charge >= 0.3 is 0 Å². The van der Waals surface area contributed by atoms with Gasteiger partial charge in [0.05, 0.1) is 20.3 Å². The van der Waals surface area contributed by atoms with E-state index in [1.165, 1.54) is 13.5 Å². The highest BCUT2D eigenvalue weighted by Crippen LogP contribution is 2.40. The quantitative estimate of drug-likeness (QED) is 0.904. The topological polar surface area (TPSA) is 30.5 Å². The van der Waals surface area contributed by atoms with Crippen LogP contribution < -0.4 is 10.1 Å². The van der Waals surface area contributed by atoms with Gasteiger partial charge in [0.25, 0.3) is 0 Å². The molecule has 1 atom stereocenters. The molecule has 3 rings (SSSR count). The average Bonchev–Trinajstić information content (AvgIpc) is 2.86. The highest BCUT2D eigenvalue weighted by Gasteiger charge is 2.42. The average molecular weight is 265 g/mol. The van der Waals surface area contributed by atoms with Crippen LogP contribution in [0.3, 0.4) is 0 Å². The predicted molar refractivity (Wildman–Crippen MR) is 71.0 cm³/mol. The van der Waals surface area contributed by atoms with E-state index in [2.05, 4.69) is 5.32 Å². The predicted octanol–water partition coefficient (Wildman–Crippen LogP) is 2.10. The molecule has 1 unspecified atom stereocenters. The third-order valence-electron chi connectivity index (χ3n) is 4.36. The molecule has 0 bridgehead atoms. The lowest BCUT2D eigenvalue weighted by molar-refractivity contribution is -0.0707. The fraction of sp³-hybridized carbons (Fsp3) is 0.600. The molecule has 0 radical (unpaired) electrons. The SMILES string of the molecule is COc1ccc(C2(CC3CCNC3)COC2)cc1F. The molecule has 2 saturated heterocycles. The summed E-state index contributed by atoms with van der Waals surface area (Å²) in [5.74, 6) is 0.701. The monoisotopic (exact) mass is 265 g/mol. The molecule has 0 amide bonds. The van der Waals surface area contributed by atoms with Crippen molar-refractivity contribution in [1.82, 2.24) is 5.32 Å². The van der Waals surface area contributed by atoms with Crippen LogP contribution in [-0.4, -0.2) is 33.4 Å². The minimum absolute atomic E-state index is 0.00377. The van der Waals surface area contributed by atoms with Crippen molar-refractivity contribution in [3.63, 3.8) is 0 Å². The number of ether oxygens (including phenoxy) is 2. The summed E-state index contributed by atoms with van der Waals surface area (Å²) in [6.07, 6.45) is 2.28. The summed E-state index contributed by atoms with van der Waals surface area (Å²) in [5, 5.41) is 3.39. The molecule has 2 aliphatic heterocycles. The van der Waals surface area contributed by atoms with Gasteiger partial charge in [0.15, 0.2) is 11.6 Å². The maximum absolute atomic E-state index is 13.9. The highest BCUT2D eigenvalue weighted by molar-refractivity contribution is 5.35. The summed E-state index contributed by atoms with van der Waals surface area (Å²) < 4.78 is 24.3. The number of benzene rings is 1. The first kappa shape index (κ1) is 12.9. The third kappa shape index (κ3) is 2.35. The molecule has 1 N–H and O–H groups in total. The molecule has 3 nitrogen and oxygen atoms in total. The molecule has 4 heteroatoms. The number of nitrogens with one attached hydrogen (secondary N) is 1. The van der Waals surface area contributed by atoms with E-state index in [0.717, 1.165) is 25.1 Å². The number of hydrogen-bond acceptors (Lipinski definition) is 3. The van der Waals surface area contributed by atoms with Gasteiger partial charge in [-0.2, -0.15) is 0 Å². The van der Waals surface area contributed by atoms with E-state index in [0.29, 0.717) is 24.9 Å². The van der Waals surface area contributed by atoms with Gasteiger partial charge in [-0.05, 0) is 49.5 Å². The maximum atomic E-state index is 13.9. The molecule has 104 valence electrons. The third-order valence-corrected chi connectivity index (χ3v) is 4.36. The first-order valence-corrected chi connectivity index (χ1v) is 6.86. The smallest absolute Gasteiger partial charge is 0.165 e. The Balaban J connectivity index is 1.82. The molecular formula is C15H20FNO2. The van der Waals surface area contributed by atoms with Crippen LogP contribution >= 0.6 is 0 Å². The maximum Gasteiger partial charge on any atom is 0.165 e. The molecule has 2 aliphatic rings. The summed E-state index contributed by atoms with van der Waals surface area (Å²) in [7, 11) is 1.49. The number of halogens is 1. The first-order valence-electron chi connectivity index (χ1n) is 6.86. The van der Waals surface area contributed by atoms with Gasteiger partial charge in [0.1, 0.15) is 0 Å². The van der Waals surface area contributed by atoms with Gasteiger partial charge in [-0.15, -0.1) is 0 Å². The van der Waals surface area contributed by atoms with Crippen molar-refractivity contribution in [2.24, 2.45) is 5.92 Å². The van der Waals surface area contributed by atoms with Crippen molar-refractivity contribution < 1.29 is 13.9 Å². The van der Waals surface area contributed by atoms with Crippen molar-refractivity contribution in [2.45, 2.75) is 18.3 Å². The van der Waals surface area contributed by atoms with Gasteiger partial charge in [-0.3, -0.25) is 0 Å². The fourth-order valence-corrected chi connectivity index (χ4v) is 3.19. The van der Waals surface area contributed by atoms with Crippen molar-refractivity contribution in [3.8, 4) is 5.75 Å². The molecule has 1 aromatic carbocycles. The minimum Gasteiger partial charge on any atom is -0.494 e. The number of rotatable bonds is 4. The van der Waals surface area contributed by atoms with E-state index < -0.39 is 0 Å². The van der Waals surface area contributed by atoms with Crippen LogP contribution in [-0.2, 0) is 10.2 Å². The van der Waals surface area contributed by atoms with Gasteiger partial charge in [0.2, 0.25) is 0 Å². The van der Waals surface area contributed by atoms with E-state index in [9.17, 15) is 4.39 Å². The second-order valence-corrected chi connectivity index (χ2v) is 5.69. The Bertz CT molecular complexity index is 453. The van der Waals surface area contributed by atoms with Crippen LogP contribution in [0.2, 0.25) is 0 Å². The second-order valence-electron chi connectivity index (χ2n) is 5.69. The van der Waals surface area contributed by atoms with Crippen LogP contribution in [0.4, 0.5) is 4.39 Å². The molecule has 2 fully saturated rings. The van der Waals surface area contributed by atoms with Crippen LogP contribution in [0.5, 0.6) is 5.75 Å². The fourth-order valence-electron chi connectivity index (χ4n) is 3.19. The lowest BCUT2D eigenvalue weighted by Gasteiger charge is -2.43. The molecular weight excluding hydrogens is 245 g/mol. The van der Waals surface area contributed by atoms with E-state index in [-0.39, 0.29) is 11.2 Å². The van der Waals surface area contributed by atoms with Gasteiger partial charge in [-0.1, -0.05) is 6.07 Å². The highest BCUT2D eigenvalue weighted by atomic mass is 19.1. The van der Waals surface area contributed by atoms with Crippen LogP contribution in [0.15, 0.2) is 18.2 Å². The second kappa shape index (κ2) is 5.10. The number of hydrogen-bond donors (Lipinski definition) is 1. The standard InChI is InChI=1S/C15H20FNO2/c1-18-14-3-2-12(6-13(14)16)15(9-19-10-15)7-11-4-5-17-8-11/h2-3,6,11,17H,4-5,7-10H2,1H3. The Morgan fingerprint density at radius 3 is 2.84 bits per heavy atom. The zero-order valence-corrected chi connectivity index (χ0v) is 11.2. The zero-order chi connectivity index (χ0) is 13.3. The Morgan fingerprint density at radius 2 is 2.32 bits per heavy atom. The van der Waals surface area contributed by atoms with Gasteiger partial charge < -0.3 is 14.8 Å². The van der Waals surface area contributed by atoms with Crippen LogP contribution in [0, 0.1) is 11.7 Å². The Labute approximate surface area is 113 Å². The molecule has 0 aliphatic carbocycles. The van der Waals surface area contributed by atoms with E-state index in [1.807, 2.05) is 6.07 Å². The van der Waals surface area contributed by atoms with Crippen LogP contribution in [0.25, 0.3) is 0 Å². The molecule has 0 aromatic heterocycles. The van der Waals surface area contributed by atoms with E-state index in [4.69, 9.17) is 9.47 Å². The van der Waals surface area contributed by atoms with Gasteiger partial charge in [-0.25, -0.2) is 4.39 Å². The van der Waals surface area contributed by atoms with Crippen molar-refractivity contribution in [1.29, 1.82) is 0 Å². The zero-order valence-electron chi connectivity index (χ0n) is 11.2. The summed E-state index contributed by atoms with van der Waals surface area (Å²) in [6.45, 7) is 3.57.